The van der Waals surface area contributed by atoms with Crippen LogP contribution in [0.25, 0.3) is 11.1 Å². The fraction of sp³-hybridized carbons (Fsp3) is 0.250. The molecule has 0 saturated carbocycles. The van der Waals surface area contributed by atoms with Gasteiger partial charge in [0.1, 0.15) is 11.5 Å². The smallest absolute Gasteiger partial charge is 0.493 e. The quantitative estimate of drug-likeness (QED) is 0.551. The van der Waals surface area contributed by atoms with Crippen molar-refractivity contribution in [3.8, 4) is 22.6 Å². The van der Waals surface area contributed by atoms with Crippen molar-refractivity contribution in [3.63, 3.8) is 0 Å². The van der Waals surface area contributed by atoms with Crippen molar-refractivity contribution in [3.05, 3.63) is 52.6 Å². The van der Waals surface area contributed by atoms with Crippen LogP contribution in [-0.4, -0.2) is 17.9 Å². The Kier molecular flexibility index (Phi) is 5.28. The van der Waals surface area contributed by atoms with Gasteiger partial charge >= 0.3 is 6.36 Å². The van der Waals surface area contributed by atoms with Gasteiger partial charge in [-0.25, -0.2) is 0 Å². The van der Waals surface area contributed by atoms with Gasteiger partial charge in [-0.2, -0.15) is 0 Å². The van der Waals surface area contributed by atoms with Crippen molar-refractivity contribution in [1.82, 2.24) is 0 Å². The Hall–Kier alpha value is -2.77. The molecule has 0 amide bonds. The molecule has 24 heavy (non-hydrogen) atoms. The van der Waals surface area contributed by atoms with Gasteiger partial charge in [-0.1, -0.05) is 19.1 Å². The molecular formula is C16H14F3NO4. The molecule has 0 radical (unpaired) electrons. The molecule has 0 fully saturated rings. The summed E-state index contributed by atoms with van der Waals surface area (Å²) in [7, 11) is 0. The highest BCUT2D eigenvalue weighted by molar-refractivity contribution is 5.73. The van der Waals surface area contributed by atoms with Gasteiger partial charge in [-0.15, -0.1) is 13.2 Å². The van der Waals surface area contributed by atoms with E-state index in [1.165, 1.54) is 30.3 Å². The second-order valence-corrected chi connectivity index (χ2v) is 4.86. The lowest BCUT2D eigenvalue weighted by Crippen LogP contribution is -2.16. The summed E-state index contributed by atoms with van der Waals surface area (Å²) < 4.78 is 45.9. The SMILES string of the molecule is CCCOc1ccc([N+](=O)[O-])cc1-c1ccc(OC(F)(F)F)cc1. The van der Waals surface area contributed by atoms with Crippen LogP contribution in [-0.2, 0) is 0 Å². The molecule has 0 spiro atoms. The topological polar surface area (TPSA) is 61.6 Å². The summed E-state index contributed by atoms with van der Waals surface area (Å²) in [5.41, 5.74) is 0.778. The van der Waals surface area contributed by atoms with Crippen molar-refractivity contribution in [1.29, 1.82) is 0 Å². The molecular weight excluding hydrogens is 327 g/mol. The van der Waals surface area contributed by atoms with Crippen LogP contribution in [0.2, 0.25) is 0 Å². The second kappa shape index (κ2) is 7.20. The van der Waals surface area contributed by atoms with E-state index in [1.54, 1.807) is 0 Å². The van der Waals surface area contributed by atoms with Crippen molar-refractivity contribution in [2.45, 2.75) is 19.7 Å². The third-order valence-corrected chi connectivity index (χ3v) is 3.03. The molecule has 128 valence electrons. The van der Waals surface area contributed by atoms with E-state index in [1.807, 2.05) is 6.92 Å². The molecule has 0 aliphatic heterocycles. The van der Waals surface area contributed by atoms with E-state index in [9.17, 15) is 23.3 Å². The van der Waals surface area contributed by atoms with E-state index in [4.69, 9.17) is 4.74 Å². The summed E-state index contributed by atoms with van der Waals surface area (Å²) in [6.07, 6.45) is -4.03. The zero-order valence-electron chi connectivity index (χ0n) is 12.7. The van der Waals surface area contributed by atoms with Crippen LogP contribution in [0.3, 0.4) is 0 Å². The van der Waals surface area contributed by atoms with Gasteiger partial charge in [-0.05, 0) is 30.2 Å². The maximum absolute atomic E-state index is 12.2. The van der Waals surface area contributed by atoms with E-state index in [2.05, 4.69) is 4.74 Å². The van der Waals surface area contributed by atoms with Crippen molar-refractivity contribution in [2.24, 2.45) is 0 Å². The number of hydrogen-bond acceptors (Lipinski definition) is 4. The lowest BCUT2D eigenvalue weighted by atomic mass is 10.0. The number of nitro groups is 1. The number of ether oxygens (including phenoxy) is 2. The third-order valence-electron chi connectivity index (χ3n) is 3.03. The van der Waals surface area contributed by atoms with Crippen LogP contribution < -0.4 is 9.47 Å². The Morgan fingerprint density at radius 1 is 1.12 bits per heavy atom. The Balaban J connectivity index is 2.37. The van der Waals surface area contributed by atoms with E-state index in [-0.39, 0.29) is 11.4 Å². The molecule has 0 saturated heterocycles. The summed E-state index contributed by atoms with van der Waals surface area (Å²) in [6.45, 7) is 2.33. The summed E-state index contributed by atoms with van der Waals surface area (Å²) in [6, 6.07) is 9.18. The van der Waals surface area contributed by atoms with E-state index >= 15 is 0 Å². The zero-order valence-corrected chi connectivity index (χ0v) is 12.7. The predicted octanol–water partition coefficient (Wildman–Crippen LogP) is 4.95. The molecule has 0 atom stereocenters. The van der Waals surface area contributed by atoms with Crippen molar-refractivity contribution in [2.75, 3.05) is 6.61 Å². The first-order valence-electron chi connectivity index (χ1n) is 7.07. The number of hydrogen-bond donors (Lipinski definition) is 0. The van der Waals surface area contributed by atoms with Gasteiger partial charge in [0.2, 0.25) is 0 Å². The molecule has 2 aromatic rings. The van der Waals surface area contributed by atoms with Gasteiger partial charge in [0, 0.05) is 17.7 Å². The first kappa shape index (κ1) is 17.6. The number of halogens is 3. The molecule has 0 heterocycles. The highest BCUT2D eigenvalue weighted by atomic mass is 19.4. The van der Waals surface area contributed by atoms with E-state index in [0.717, 1.165) is 18.6 Å². The normalized spacial score (nSPS) is 11.2. The third kappa shape index (κ3) is 4.61. The molecule has 8 heteroatoms. The molecule has 0 aliphatic carbocycles. The summed E-state index contributed by atoms with van der Waals surface area (Å²) in [5.74, 6) is 0.0552. The second-order valence-electron chi connectivity index (χ2n) is 4.86. The van der Waals surface area contributed by atoms with Crippen LogP contribution in [0.5, 0.6) is 11.5 Å². The van der Waals surface area contributed by atoms with Gasteiger partial charge in [-0.3, -0.25) is 10.1 Å². The molecule has 0 aliphatic rings. The Bertz CT molecular complexity index is 714. The molecule has 2 aromatic carbocycles. The minimum atomic E-state index is -4.78. The lowest BCUT2D eigenvalue weighted by molar-refractivity contribution is -0.384. The van der Waals surface area contributed by atoms with Crippen molar-refractivity contribution < 1.29 is 27.6 Å². The minimum absolute atomic E-state index is 0.135. The van der Waals surface area contributed by atoms with E-state index < -0.39 is 11.3 Å². The van der Waals surface area contributed by atoms with Crippen LogP contribution >= 0.6 is 0 Å². The van der Waals surface area contributed by atoms with Gasteiger partial charge < -0.3 is 9.47 Å². The van der Waals surface area contributed by atoms with Gasteiger partial charge in [0.15, 0.2) is 0 Å². The molecule has 0 unspecified atom stereocenters. The maximum atomic E-state index is 12.2. The number of benzene rings is 2. The molecule has 5 nitrogen and oxygen atoms in total. The summed E-state index contributed by atoms with van der Waals surface area (Å²) in [5, 5.41) is 10.9. The number of non-ortho nitro benzene ring substituents is 1. The van der Waals surface area contributed by atoms with Gasteiger partial charge in [0.05, 0.1) is 11.5 Å². The summed E-state index contributed by atoms with van der Waals surface area (Å²) in [4.78, 5) is 10.4. The average Bonchev–Trinajstić information content (AvgIpc) is 2.52. The first-order valence-corrected chi connectivity index (χ1v) is 7.07. The molecule has 0 bridgehead atoms. The van der Waals surface area contributed by atoms with Crippen LogP contribution in [0.1, 0.15) is 13.3 Å². The Morgan fingerprint density at radius 2 is 1.79 bits per heavy atom. The molecule has 2 rings (SSSR count). The predicted molar refractivity (Wildman–Crippen MR) is 81.0 cm³/mol. The van der Waals surface area contributed by atoms with E-state index in [0.29, 0.717) is 23.5 Å². The Morgan fingerprint density at radius 3 is 2.33 bits per heavy atom. The monoisotopic (exact) mass is 341 g/mol. The average molecular weight is 341 g/mol. The van der Waals surface area contributed by atoms with Crippen LogP contribution in [0.15, 0.2) is 42.5 Å². The summed E-state index contributed by atoms with van der Waals surface area (Å²) >= 11 is 0. The van der Waals surface area contributed by atoms with Gasteiger partial charge in [0.25, 0.3) is 5.69 Å². The minimum Gasteiger partial charge on any atom is -0.493 e. The number of rotatable bonds is 6. The fourth-order valence-corrected chi connectivity index (χ4v) is 2.03. The number of nitro benzene ring substituents is 1. The lowest BCUT2D eigenvalue weighted by Gasteiger charge is -2.12. The van der Waals surface area contributed by atoms with Crippen LogP contribution in [0.4, 0.5) is 18.9 Å². The number of nitrogens with zero attached hydrogens (tertiary/aromatic N) is 1. The standard InChI is InChI=1S/C16H14F3NO4/c1-2-9-23-15-8-5-12(20(21)22)10-14(15)11-3-6-13(7-4-11)24-16(17,18)19/h3-8,10H,2,9H2,1H3. The van der Waals surface area contributed by atoms with Crippen molar-refractivity contribution >= 4 is 5.69 Å². The highest BCUT2D eigenvalue weighted by Gasteiger charge is 2.31. The van der Waals surface area contributed by atoms with Crippen LogP contribution in [0, 0.1) is 10.1 Å². The zero-order chi connectivity index (χ0) is 17.7. The number of alkyl halides is 3. The largest absolute Gasteiger partial charge is 0.573 e. The molecule has 0 N–H and O–H groups in total. The highest BCUT2D eigenvalue weighted by Crippen LogP contribution is 2.35. The fourth-order valence-electron chi connectivity index (χ4n) is 2.03. The first-order chi connectivity index (χ1) is 11.3. The maximum Gasteiger partial charge on any atom is 0.573 e. The molecule has 0 aromatic heterocycles. The Labute approximate surface area is 135 Å².